The van der Waals surface area contributed by atoms with Crippen molar-refractivity contribution in [3.8, 4) is 11.1 Å². The first-order valence-corrected chi connectivity index (χ1v) is 16.7. The second-order valence-electron chi connectivity index (χ2n) is 10.0. The summed E-state index contributed by atoms with van der Waals surface area (Å²) in [6.45, 7) is 0. The minimum Gasteiger partial charge on any atom is -0.354 e. The summed E-state index contributed by atoms with van der Waals surface area (Å²) in [7, 11) is -9.63. The summed E-state index contributed by atoms with van der Waals surface area (Å²) in [4.78, 5) is 40.8. The number of fused-ring (bicyclic) bond motifs is 2. The number of ketones is 2. The Hall–Kier alpha value is -4.96. The number of nitrogens with one attached hydrogen (secondary N) is 1. The Balaban J connectivity index is 1.68. The topological polar surface area (TPSA) is 191 Å². The molecule has 4 aromatic carbocycles. The molecule has 1 aromatic heterocycles. The van der Waals surface area contributed by atoms with Crippen LogP contribution in [0.1, 0.15) is 31.8 Å². The molecular formula is C30H20N2O10S3. The summed E-state index contributed by atoms with van der Waals surface area (Å²) in [5.74, 6) is -1.36. The number of anilines is 2. The molecule has 0 fully saturated rings. The van der Waals surface area contributed by atoms with Gasteiger partial charge in [-0.05, 0) is 48.0 Å². The maximum Gasteiger partial charge on any atom is 0.294 e. The Morgan fingerprint density at radius 3 is 2.16 bits per heavy atom. The predicted octanol–water partition coefficient (Wildman–Crippen LogP) is 2.91. The van der Waals surface area contributed by atoms with Crippen molar-refractivity contribution in [2.45, 2.75) is 14.7 Å². The largest absolute Gasteiger partial charge is 0.354 e. The molecule has 1 aliphatic rings. The van der Waals surface area contributed by atoms with E-state index in [0.717, 1.165) is 18.2 Å². The van der Waals surface area contributed by atoms with Gasteiger partial charge in [0.05, 0.1) is 42.7 Å². The third-order valence-corrected chi connectivity index (χ3v) is 9.82. The van der Waals surface area contributed by atoms with Crippen molar-refractivity contribution >= 4 is 65.4 Å². The van der Waals surface area contributed by atoms with Crippen molar-refractivity contribution in [2.24, 2.45) is 7.05 Å². The molecule has 2 N–H and O–H groups in total. The van der Waals surface area contributed by atoms with Gasteiger partial charge < -0.3 is 9.88 Å². The highest BCUT2D eigenvalue weighted by Crippen LogP contribution is 2.44. The number of aryl methyl sites for hydroxylation is 1. The highest BCUT2D eigenvalue weighted by atomic mass is 32.2. The van der Waals surface area contributed by atoms with E-state index in [1.807, 2.05) is 0 Å². The molecule has 6 rings (SSSR count). The van der Waals surface area contributed by atoms with Crippen molar-refractivity contribution in [1.82, 2.24) is 4.57 Å². The van der Waals surface area contributed by atoms with Crippen molar-refractivity contribution in [2.75, 3.05) is 5.32 Å². The zero-order chi connectivity index (χ0) is 32.4. The highest BCUT2D eigenvalue weighted by Gasteiger charge is 2.34. The van der Waals surface area contributed by atoms with Gasteiger partial charge >= 0.3 is 0 Å². The molecule has 0 amide bonds. The molecule has 0 saturated heterocycles. The van der Waals surface area contributed by atoms with Gasteiger partial charge in [0.25, 0.3) is 15.7 Å². The third kappa shape index (κ3) is 4.95. The van der Waals surface area contributed by atoms with Crippen molar-refractivity contribution in [1.29, 1.82) is 0 Å². The number of aromatic nitrogens is 1. The molecule has 1 aliphatic carbocycles. The fourth-order valence-electron chi connectivity index (χ4n) is 5.46. The van der Waals surface area contributed by atoms with E-state index in [1.165, 1.54) is 54.1 Å². The molecule has 12 nitrogen and oxygen atoms in total. The molecular weight excluding hydrogens is 645 g/mol. The summed E-state index contributed by atoms with van der Waals surface area (Å²) in [6.07, 6.45) is 0. The number of pyridine rings is 1. The van der Waals surface area contributed by atoms with Gasteiger partial charge in [-0.1, -0.05) is 36.4 Å². The van der Waals surface area contributed by atoms with Gasteiger partial charge in [0, 0.05) is 29.1 Å². The number of hydrogen-bond acceptors (Lipinski definition) is 10. The van der Waals surface area contributed by atoms with E-state index in [4.69, 9.17) is 0 Å². The minimum absolute atomic E-state index is 0.0151. The van der Waals surface area contributed by atoms with E-state index >= 15 is 0 Å². The van der Waals surface area contributed by atoms with Crippen LogP contribution in [0.25, 0.3) is 22.0 Å². The van der Waals surface area contributed by atoms with Crippen molar-refractivity contribution in [3.05, 3.63) is 111 Å². The lowest BCUT2D eigenvalue weighted by Gasteiger charge is -2.25. The summed E-state index contributed by atoms with van der Waals surface area (Å²) in [5.41, 5.74) is -0.378. The maximum atomic E-state index is 14.1. The molecule has 15 heteroatoms. The second-order valence-corrected chi connectivity index (χ2v) is 13.5. The van der Waals surface area contributed by atoms with Crippen LogP contribution in [0.4, 0.5) is 11.4 Å². The number of carbonyl (C=O) groups is 2. The number of thiol groups is 2. The fraction of sp³-hybridized carbons (Fsp3) is 0.0333. The first-order chi connectivity index (χ1) is 21.3. The van der Waals surface area contributed by atoms with Crippen LogP contribution >= 0.6 is 0 Å². The average Bonchev–Trinajstić information content (AvgIpc) is 3.01. The minimum atomic E-state index is -4.68. The quantitative estimate of drug-likeness (QED) is 0.112. The Morgan fingerprint density at radius 2 is 1.49 bits per heavy atom. The molecule has 228 valence electrons. The highest BCUT2D eigenvalue weighted by molar-refractivity contribution is 7.85. The van der Waals surface area contributed by atoms with Gasteiger partial charge in [-0.2, -0.15) is 8.42 Å². The van der Waals surface area contributed by atoms with Crippen LogP contribution in [0.5, 0.6) is 0 Å². The van der Waals surface area contributed by atoms with Crippen molar-refractivity contribution < 1.29 is 39.4 Å². The fourth-order valence-corrected chi connectivity index (χ4v) is 7.10. The third-order valence-electron chi connectivity index (χ3n) is 7.51. The van der Waals surface area contributed by atoms with Gasteiger partial charge in [-0.25, -0.2) is 16.8 Å². The molecule has 0 atom stereocenters. The Morgan fingerprint density at radius 1 is 0.800 bits per heavy atom. The Kier molecular flexibility index (Phi) is 7.28. The molecule has 1 heterocycles. The van der Waals surface area contributed by atoms with Crippen LogP contribution in [0.15, 0.2) is 98.3 Å². The zero-order valence-corrected chi connectivity index (χ0v) is 25.5. The van der Waals surface area contributed by atoms with E-state index in [1.54, 1.807) is 18.2 Å². The number of benzene rings is 4. The van der Waals surface area contributed by atoms with Gasteiger partial charge in [0.1, 0.15) is 0 Å². The maximum absolute atomic E-state index is 14.1. The van der Waals surface area contributed by atoms with E-state index in [0.29, 0.717) is 0 Å². The molecule has 0 spiro atoms. The summed E-state index contributed by atoms with van der Waals surface area (Å²) < 4.78 is 81.4. The smallest absolute Gasteiger partial charge is 0.294 e. The van der Waals surface area contributed by atoms with Gasteiger partial charge in [-0.15, -0.1) is 0 Å². The summed E-state index contributed by atoms with van der Waals surface area (Å²) in [6, 6.07) is 17.3. The molecule has 0 saturated carbocycles. The monoisotopic (exact) mass is 664 g/mol. The van der Waals surface area contributed by atoms with Crippen molar-refractivity contribution in [3.63, 3.8) is 0 Å². The van der Waals surface area contributed by atoms with E-state index in [2.05, 4.69) is 5.32 Å². The van der Waals surface area contributed by atoms with Crippen LogP contribution in [0.3, 0.4) is 0 Å². The standard InChI is InChI=1S/C30H20N2O10S3/c1-32-22-12-11-21(31-20-10-9-16(43(36)37)14-23(20)44(38)39)25-26(22)24(18-7-2-3-8-19(18)29(25)34)27(30(32)35)28(33)15-5-4-6-17(13-15)45(40,41)42/h2-14,31,43-44H,1H3,(H,40,41,42). The SMILES string of the molecule is Cn1c(=O)c(C(=O)c2cccc(S(=O)(=O)O)c2)c2c3c(c(Nc4ccc([SH](=O)=O)cc4[SH](=O)=O)ccc31)C(=O)c1ccccc1-2. The lowest BCUT2D eigenvalue weighted by molar-refractivity contribution is 0.102. The summed E-state index contributed by atoms with van der Waals surface area (Å²) >= 11 is 0. The van der Waals surface area contributed by atoms with Gasteiger partial charge in [0.2, 0.25) is 0 Å². The van der Waals surface area contributed by atoms with Crippen LogP contribution in [-0.4, -0.2) is 45.9 Å². The van der Waals surface area contributed by atoms with Gasteiger partial charge in [0.15, 0.2) is 33.0 Å². The first kappa shape index (κ1) is 30.1. The molecule has 0 radical (unpaired) electrons. The molecule has 0 aliphatic heterocycles. The average molecular weight is 665 g/mol. The van der Waals surface area contributed by atoms with E-state index in [9.17, 15) is 44.2 Å². The van der Waals surface area contributed by atoms with Crippen LogP contribution in [-0.2, 0) is 38.6 Å². The zero-order valence-electron chi connectivity index (χ0n) is 22.9. The Bertz CT molecular complexity index is 2480. The number of hydrogen-bond donors (Lipinski definition) is 4. The lowest BCUT2D eigenvalue weighted by atomic mass is 9.80. The predicted molar refractivity (Wildman–Crippen MR) is 165 cm³/mol. The van der Waals surface area contributed by atoms with E-state index in [-0.39, 0.29) is 65.4 Å². The molecule has 5 aromatic rings. The lowest BCUT2D eigenvalue weighted by Crippen LogP contribution is -2.29. The number of rotatable bonds is 7. The van der Waals surface area contributed by atoms with Crippen LogP contribution < -0.4 is 10.9 Å². The molecule has 0 unspecified atom stereocenters. The van der Waals surface area contributed by atoms with Gasteiger partial charge in [-0.3, -0.25) is 18.9 Å². The Labute approximate surface area is 258 Å². The second kappa shape index (κ2) is 10.9. The first-order valence-electron chi connectivity index (χ1n) is 13.0. The van der Waals surface area contributed by atoms with Crippen LogP contribution in [0.2, 0.25) is 0 Å². The van der Waals surface area contributed by atoms with Crippen LogP contribution in [0, 0.1) is 0 Å². The summed E-state index contributed by atoms with van der Waals surface area (Å²) in [5, 5.41) is 3.13. The van der Waals surface area contributed by atoms with E-state index < -0.39 is 53.5 Å². The molecule has 45 heavy (non-hydrogen) atoms. The normalized spacial score (nSPS) is 12.5. The number of nitrogens with zero attached hydrogens (tertiary/aromatic N) is 1. The number of carbonyl (C=O) groups excluding carboxylic acids is 2. The molecule has 0 bridgehead atoms.